The maximum atomic E-state index is 9.51. The highest BCUT2D eigenvalue weighted by Gasteiger charge is 2.31. The molecule has 1 N–H and O–H groups in total. The smallest absolute Gasteiger partial charge is 0.0488 e. The van der Waals surface area contributed by atoms with Crippen LogP contribution in [0.4, 0.5) is 0 Å². The molecule has 0 bridgehead atoms. The van der Waals surface area contributed by atoms with Gasteiger partial charge in [-0.3, -0.25) is 4.98 Å². The highest BCUT2D eigenvalue weighted by atomic mass is 16.3. The zero-order chi connectivity index (χ0) is 12.8. The lowest BCUT2D eigenvalue weighted by atomic mass is 9.77. The van der Waals surface area contributed by atoms with Crippen LogP contribution in [0, 0.1) is 5.41 Å². The van der Waals surface area contributed by atoms with Crippen LogP contribution in [0.3, 0.4) is 0 Å². The number of piperidine rings is 1. The van der Waals surface area contributed by atoms with Gasteiger partial charge in [0.05, 0.1) is 0 Å². The van der Waals surface area contributed by atoms with Crippen LogP contribution in [0.1, 0.15) is 31.7 Å². The largest absolute Gasteiger partial charge is 0.396 e. The Bertz CT molecular complexity index is 339. The summed E-state index contributed by atoms with van der Waals surface area (Å²) >= 11 is 0. The van der Waals surface area contributed by atoms with Crippen LogP contribution >= 0.6 is 0 Å². The van der Waals surface area contributed by atoms with Gasteiger partial charge in [0.15, 0.2) is 0 Å². The standard InChI is InChI=1S/C15H24N2O/c1-2-15(13-18)6-11-17(12-7-15)10-5-14-3-8-16-9-4-14/h3-4,8-9,18H,2,5-7,10-13H2,1H3. The van der Waals surface area contributed by atoms with Gasteiger partial charge in [-0.25, -0.2) is 0 Å². The second-order valence-electron chi connectivity index (χ2n) is 5.46. The lowest BCUT2D eigenvalue weighted by Crippen LogP contribution is -2.42. The van der Waals surface area contributed by atoms with Crippen LogP contribution in [-0.4, -0.2) is 41.2 Å². The van der Waals surface area contributed by atoms with E-state index in [9.17, 15) is 5.11 Å². The number of aliphatic hydroxyl groups excluding tert-OH is 1. The topological polar surface area (TPSA) is 36.4 Å². The molecular formula is C15H24N2O. The molecule has 1 aromatic rings. The Hall–Kier alpha value is -0.930. The Kier molecular flexibility index (Phi) is 4.72. The third-order valence-electron chi connectivity index (χ3n) is 4.47. The van der Waals surface area contributed by atoms with E-state index >= 15 is 0 Å². The first-order valence-electron chi connectivity index (χ1n) is 7.00. The van der Waals surface area contributed by atoms with E-state index in [0.29, 0.717) is 6.61 Å². The first-order valence-corrected chi connectivity index (χ1v) is 7.00. The number of hydrogen-bond donors (Lipinski definition) is 1. The van der Waals surface area contributed by atoms with Crippen molar-refractivity contribution in [2.24, 2.45) is 5.41 Å². The van der Waals surface area contributed by atoms with Gasteiger partial charge in [-0.2, -0.15) is 0 Å². The van der Waals surface area contributed by atoms with Crippen LogP contribution < -0.4 is 0 Å². The Morgan fingerprint density at radius 3 is 2.50 bits per heavy atom. The molecule has 18 heavy (non-hydrogen) atoms. The van der Waals surface area contributed by atoms with Crippen LogP contribution in [0.25, 0.3) is 0 Å². The van der Waals surface area contributed by atoms with Crippen LogP contribution in [0.2, 0.25) is 0 Å². The second-order valence-corrected chi connectivity index (χ2v) is 5.46. The van der Waals surface area contributed by atoms with Gasteiger partial charge in [0.25, 0.3) is 0 Å². The normalized spacial score (nSPS) is 19.9. The molecule has 1 aromatic heterocycles. The van der Waals surface area contributed by atoms with E-state index in [0.717, 1.165) is 45.3 Å². The van der Waals surface area contributed by atoms with Crippen molar-refractivity contribution < 1.29 is 5.11 Å². The third-order valence-corrected chi connectivity index (χ3v) is 4.47. The summed E-state index contributed by atoms with van der Waals surface area (Å²) in [5.74, 6) is 0. The fourth-order valence-electron chi connectivity index (χ4n) is 2.71. The molecule has 0 atom stereocenters. The van der Waals surface area contributed by atoms with Crippen molar-refractivity contribution in [3.63, 3.8) is 0 Å². The molecule has 1 aliphatic rings. The van der Waals surface area contributed by atoms with Crippen LogP contribution in [-0.2, 0) is 6.42 Å². The Morgan fingerprint density at radius 1 is 1.28 bits per heavy atom. The van der Waals surface area contributed by atoms with Gasteiger partial charge >= 0.3 is 0 Å². The Labute approximate surface area is 110 Å². The maximum absolute atomic E-state index is 9.51. The van der Waals surface area contributed by atoms with Gasteiger partial charge in [0, 0.05) is 25.5 Å². The summed E-state index contributed by atoms with van der Waals surface area (Å²) in [5.41, 5.74) is 1.56. The molecule has 0 radical (unpaired) electrons. The number of likely N-dealkylation sites (tertiary alicyclic amines) is 1. The SMILES string of the molecule is CCC1(CO)CCN(CCc2ccncc2)CC1. The van der Waals surface area contributed by atoms with Gasteiger partial charge in [-0.05, 0) is 61.9 Å². The van der Waals surface area contributed by atoms with E-state index in [2.05, 4.69) is 28.9 Å². The fourth-order valence-corrected chi connectivity index (χ4v) is 2.71. The minimum atomic E-state index is 0.202. The average molecular weight is 248 g/mol. The van der Waals surface area contributed by atoms with Crippen LogP contribution in [0.5, 0.6) is 0 Å². The van der Waals surface area contributed by atoms with E-state index < -0.39 is 0 Å². The first-order chi connectivity index (χ1) is 8.78. The van der Waals surface area contributed by atoms with E-state index in [4.69, 9.17) is 0 Å². The summed E-state index contributed by atoms with van der Waals surface area (Å²) in [6.45, 7) is 5.92. The lowest BCUT2D eigenvalue weighted by Gasteiger charge is -2.40. The summed E-state index contributed by atoms with van der Waals surface area (Å²) < 4.78 is 0. The molecule has 1 aliphatic heterocycles. The number of hydrogen-bond acceptors (Lipinski definition) is 3. The fraction of sp³-hybridized carbons (Fsp3) is 0.667. The minimum Gasteiger partial charge on any atom is -0.396 e. The number of pyridine rings is 1. The predicted molar refractivity (Wildman–Crippen MR) is 73.4 cm³/mol. The van der Waals surface area contributed by atoms with Gasteiger partial charge in [-0.15, -0.1) is 0 Å². The van der Waals surface area contributed by atoms with Crippen molar-refractivity contribution in [3.8, 4) is 0 Å². The average Bonchev–Trinajstić information content (AvgIpc) is 2.47. The third kappa shape index (κ3) is 3.30. The molecule has 0 aliphatic carbocycles. The van der Waals surface area contributed by atoms with E-state index in [1.165, 1.54) is 5.56 Å². The van der Waals surface area contributed by atoms with Gasteiger partial charge < -0.3 is 10.0 Å². The first kappa shape index (κ1) is 13.5. The molecule has 0 spiro atoms. The highest BCUT2D eigenvalue weighted by Crippen LogP contribution is 2.34. The molecule has 0 amide bonds. The Balaban J connectivity index is 1.77. The lowest BCUT2D eigenvalue weighted by molar-refractivity contribution is 0.0414. The number of aliphatic hydroxyl groups is 1. The molecule has 0 saturated carbocycles. The van der Waals surface area contributed by atoms with Gasteiger partial charge in [0.2, 0.25) is 0 Å². The highest BCUT2D eigenvalue weighted by molar-refractivity contribution is 5.10. The van der Waals surface area contributed by atoms with Crippen molar-refractivity contribution in [2.45, 2.75) is 32.6 Å². The molecule has 2 rings (SSSR count). The molecule has 2 heterocycles. The molecule has 3 heteroatoms. The van der Waals surface area contributed by atoms with Crippen molar-refractivity contribution in [1.82, 2.24) is 9.88 Å². The number of rotatable bonds is 5. The summed E-state index contributed by atoms with van der Waals surface area (Å²) in [5, 5.41) is 9.51. The zero-order valence-electron chi connectivity index (χ0n) is 11.3. The Morgan fingerprint density at radius 2 is 1.94 bits per heavy atom. The second kappa shape index (κ2) is 6.30. The number of nitrogens with zero attached hydrogens (tertiary/aromatic N) is 2. The quantitative estimate of drug-likeness (QED) is 0.867. The molecular weight excluding hydrogens is 224 g/mol. The monoisotopic (exact) mass is 248 g/mol. The van der Waals surface area contributed by atoms with Gasteiger partial charge in [0.1, 0.15) is 0 Å². The zero-order valence-corrected chi connectivity index (χ0v) is 11.3. The van der Waals surface area contributed by atoms with Crippen molar-refractivity contribution in [3.05, 3.63) is 30.1 Å². The van der Waals surface area contributed by atoms with Crippen molar-refractivity contribution in [1.29, 1.82) is 0 Å². The summed E-state index contributed by atoms with van der Waals surface area (Å²) in [6, 6.07) is 4.18. The number of aromatic nitrogens is 1. The maximum Gasteiger partial charge on any atom is 0.0488 e. The van der Waals surface area contributed by atoms with E-state index in [-0.39, 0.29) is 5.41 Å². The van der Waals surface area contributed by atoms with E-state index in [1.54, 1.807) is 0 Å². The molecule has 0 unspecified atom stereocenters. The summed E-state index contributed by atoms with van der Waals surface area (Å²) in [6.07, 6.45) is 8.19. The van der Waals surface area contributed by atoms with Crippen LogP contribution in [0.15, 0.2) is 24.5 Å². The molecule has 1 fully saturated rings. The summed E-state index contributed by atoms with van der Waals surface area (Å²) in [7, 11) is 0. The molecule has 1 saturated heterocycles. The van der Waals surface area contributed by atoms with Gasteiger partial charge in [-0.1, -0.05) is 6.92 Å². The predicted octanol–water partition coefficient (Wildman–Crippen LogP) is 2.11. The summed E-state index contributed by atoms with van der Waals surface area (Å²) in [4.78, 5) is 6.56. The molecule has 100 valence electrons. The molecule has 0 aromatic carbocycles. The van der Waals surface area contributed by atoms with E-state index in [1.807, 2.05) is 12.4 Å². The van der Waals surface area contributed by atoms with Crippen molar-refractivity contribution >= 4 is 0 Å². The molecule has 3 nitrogen and oxygen atoms in total. The van der Waals surface area contributed by atoms with Crippen molar-refractivity contribution in [2.75, 3.05) is 26.2 Å². The minimum absolute atomic E-state index is 0.202.